The Balaban J connectivity index is 2.87. The van der Waals surface area contributed by atoms with Gasteiger partial charge in [0.05, 0.1) is 5.56 Å². The number of hydrogen-bond acceptors (Lipinski definition) is 2. The Kier molecular flexibility index (Phi) is 4.18. The molecular weight excluding hydrogens is 273 g/mol. The summed E-state index contributed by atoms with van der Waals surface area (Å²) in [7, 11) is 0. The third-order valence-corrected chi connectivity index (χ3v) is 2.18. The molecule has 0 spiro atoms. The zero-order valence-corrected chi connectivity index (χ0v) is 9.60. The van der Waals surface area contributed by atoms with Crippen molar-refractivity contribution >= 4 is 23.4 Å². The number of carbonyl (C=O) groups is 2. The summed E-state index contributed by atoms with van der Waals surface area (Å²) in [4.78, 5) is 21.3. The molecule has 0 aliphatic rings. The Morgan fingerprint density at radius 3 is 2.39 bits per heavy atom. The predicted molar refractivity (Wildman–Crippen MR) is 57.5 cm³/mol. The van der Waals surface area contributed by atoms with Crippen molar-refractivity contribution in [2.45, 2.75) is 12.7 Å². The molecule has 4 nitrogen and oxygen atoms in total. The van der Waals surface area contributed by atoms with Gasteiger partial charge in [0.2, 0.25) is 0 Å². The number of alkyl halides is 3. The van der Waals surface area contributed by atoms with E-state index in [0.717, 1.165) is 12.1 Å². The Bertz CT molecular complexity index is 489. The molecule has 0 bridgehead atoms. The predicted octanol–water partition coefficient (Wildman–Crippen LogP) is 1.46. The quantitative estimate of drug-likeness (QED) is 0.805. The first-order valence-electron chi connectivity index (χ1n) is 4.64. The first kappa shape index (κ1) is 14.3. The van der Waals surface area contributed by atoms with Gasteiger partial charge in [-0.3, -0.25) is 9.59 Å². The van der Waals surface area contributed by atoms with E-state index in [1.165, 1.54) is 6.07 Å². The van der Waals surface area contributed by atoms with E-state index in [-0.39, 0.29) is 17.1 Å². The summed E-state index contributed by atoms with van der Waals surface area (Å²) >= 11 is 5.53. The van der Waals surface area contributed by atoms with Gasteiger partial charge < -0.3 is 11.1 Å². The van der Waals surface area contributed by atoms with Crippen LogP contribution in [0.5, 0.6) is 0 Å². The van der Waals surface area contributed by atoms with Gasteiger partial charge in [-0.25, -0.2) is 0 Å². The molecule has 0 saturated heterocycles. The molecule has 0 heterocycles. The molecule has 0 unspecified atom stereocenters. The van der Waals surface area contributed by atoms with Gasteiger partial charge in [-0.1, -0.05) is 11.6 Å². The van der Waals surface area contributed by atoms with Crippen LogP contribution in [0, 0.1) is 0 Å². The van der Waals surface area contributed by atoms with Crippen LogP contribution in [0.15, 0.2) is 18.2 Å². The van der Waals surface area contributed by atoms with E-state index in [2.05, 4.69) is 11.1 Å². The molecule has 3 N–H and O–H groups in total. The third-order valence-electron chi connectivity index (χ3n) is 1.96. The number of nitrogens with two attached hydrogens (primary N) is 1. The maximum Gasteiger partial charge on any atom is 0.416 e. The second kappa shape index (κ2) is 5.26. The average Bonchev–Trinajstić information content (AvgIpc) is 2.23. The van der Waals surface area contributed by atoms with E-state index < -0.39 is 23.6 Å². The third kappa shape index (κ3) is 3.92. The summed E-state index contributed by atoms with van der Waals surface area (Å²) in [6.45, 7) is -0.272. The summed E-state index contributed by atoms with van der Waals surface area (Å²) < 4.78 is 37.4. The SMILES string of the molecule is NC(=O)C(=O)NCc1cc(Cl)cc(C(F)(F)F)c1. The highest BCUT2D eigenvalue weighted by atomic mass is 35.5. The zero-order valence-electron chi connectivity index (χ0n) is 8.84. The number of rotatable bonds is 2. The van der Waals surface area contributed by atoms with Crippen molar-refractivity contribution < 1.29 is 22.8 Å². The average molecular weight is 281 g/mol. The van der Waals surface area contributed by atoms with Crippen LogP contribution in [0.3, 0.4) is 0 Å². The number of halogens is 4. The molecule has 0 radical (unpaired) electrons. The molecule has 18 heavy (non-hydrogen) atoms. The maximum atomic E-state index is 12.5. The lowest BCUT2D eigenvalue weighted by Crippen LogP contribution is -2.35. The molecule has 0 aliphatic carbocycles. The smallest absolute Gasteiger partial charge is 0.361 e. The van der Waals surface area contributed by atoms with Crippen molar-refractivity contribution in [1.82, 2.24) is 5.32 Å². The van der Waals surface area contributed by atoms with Crippen molar-refractivity contribution in [1.29, 1.82) is 0 Å². The standard InChI is InChI=1S/C10H8ClF3N2O2/c11-7-2-5(4-16-9(18)8(15)17)1-6(3-7)10(12,13)14/h1-3H,4H2,(H2,15,17)(H,16,18). The molecule has 0 atom stereocenters. The monoisotopic (exact) mass is 280 g/mol. The normalized spacial score (nSPS) is 11.1. The van der Waals surface area contributed by atoms with Gasteiger partial charge in [0.1, 0.15) is 0 Å². The molecule has 0 aromatic heterocycles. The fourth-order valence-electron chi connectivity index (χ4n) is 1.19. The Hall–Kier alpha value is -1.76. The Morgan fingerprint density at radius 1 is 1.28 bits per heavy atom. The van der Waals surface area contributed by atoms with E-state index in [1.54, 1.807) is 0 Å². The van der Waals surface area contributed by atoms with Crippen LogP contribution in [0.25, 0.3) is 0 Å². The maximum absolute atomic E-state index is 12.5. The minimum Gasteiger partial charge on any atom is -0.361 e. The van der Waals surface area contributed by atoms with Crippen molar-refractivity contribution in [2.24, 2.45) is 5.73 Å². The number of nitrogens with one attached hydrogen (secondary N) is 1. The van der Waals surface area contributed by atoms with Crippen LogP contribution >= 0.6 is 11.6 Å². The fraction of sp³-hybridized carbons (Fsp3) is 0.200. The van der Waals surface area contributed by atoms with E-state index in [1.807, 2.05) is 0 Å². The summed E-state index contributed by atoms with van der Waals surface area (Å²) in [6.07, 6.45) is -4.53. The fourth-order valence-corrected chi connectivity index (χ4v) is 1.44. The minimum absolute atomic E-state index is 0.115. The van der Waals surface area contributed by atoms with E-state index >= 15 is 0 Å². The van der Waals surface area contributed by atoms with Crippen LogP contribution in [0.4, 0.5) is 13.2 Å². The topological polar surface area (TPSA) is 72.2 Å². The molecule has 98 valence electrons. The van der Waals surface area contributed by atoms with Crippen LogP contribution in [0.2, 0.25) is 5.02 Å². The van der Waals surface area contributed by atoms with Gasteiger partial charge >= 0.3 is 18.0 Å². The second-order valence-electron chi connectivity index (χ2n) is 3.39. The second-order valence-corrected chi connectivity index (χ2v) is 3.83. The molecule has 8 heteroatoms. The molecule has 2 amide bonds. The highest BCUT2D eigenvalue weighted by Crippen LogP contribution is 2.31. The Labute approximate surface area is 105 Å². The van der Waals surface area contributed by atoms with E-state index in [0.29, 0.717) is 0 Å². The molecule has 0 saturated carbocycles. The molecule has 0 fully saturated rings. The van der Waals surface area contributed by atoms with Crippen LogP contribution in [0.1, 0.15) is 11.1 Å². The summed E-state index contributed by atoms with van der Waals surface area (Å²) in [5.41, 5.74) is 3.86. The summed E-state index contributed by atoms with van der Waals surface area (Å²) in [6, 6.07) is 2.84. The largest absolute Gasteiger partial charge is 0.416 e. The van der Waals surface area contributed by atoms with Gasteiger partial charge in [-0.2, -0.15) is 13.2 Å². The molecular formula is C10H8ClF3N2O2. The highest BCUT2D eigenvalue weighted by Gasteiger charge is 2.31. The van der Waals surface area contributed by atoms with E-state index in [9.17, 15) is 22.8 Å². The van der Waals surface area contributed by atoms with Crippen molar-refractivity contribution in [2.75, 3.05) is 0 Å². The van der Waals surface area contributed by atoms with Gasteiger partial charge in [-0.05, 0) is 23.8 Å². The van der Waals surface area contributed by atoms with Crippen LogP contribution in [-0.2, 0) is 22.3 Å². The van der Waals surface area contributed by atoms with Crippen LogP contribution < -0.4 is 11.1 Å². The van der Waals surface area contributed by atoms with Crippen LogP contribution in [-0.4, -0.2) is 11.8 Å². The van der Waals surface area contributed by atoms with Gasteiger partial charge in [0, 0.05) is 11.6 Å². The van der Waals surface area contributed by atoms with Crippen molar-refractivity contribution in [3.8, 4) is 0 Å². The lowest BCUT2D eigenvalue weighted by atomic mass is 10.1. The molecule has 0 aliphatic heterocycles. The summed E-state index contributed by atoms with van der Waals surface area (Å²) in [5.74, 6) is -2.29. The highest BCUT2D eigenvalue weighted by molar-refractivity contribution is 6.34. The Morgan fingerprint density at radius 2 is 1.89 bits per heavy atom. The van der Waals surface area contributed by atoms with Gasteiger partial charge in [-0.15, -0.1) is 0 Å². The lowest BCUT2D eigenvalue weighted by Gasteiger charge is -2.10. The number of primary amides is 1. The van der Waals surface area contributed by atoms with Gasteiger partial charge in [0.25, 0.3) is 0 Å². The summed E-state index contributed by atoms with van der Waals surface area (Å²) in [5, 5.41) is 1.95. The van der Waals surface area contributed by atoms with Crippen molar-refractivity contribution in [3.05, 3.63) is 34.3 Å². The molecule has 1 aromatic rings. The number of hydrogen-bond donors (Lipinski definition) is 2. The van der Waals surface area contributed by atoms with Gasteiger partial charge in [0.15, 0.2) is 0 Å². The number of amides is 2. The number of benzene rings is 1. The number of carbonyl (C=O) groups excluding carboxylic acids is 2. The van der Waals surface area contributed by atoms with E-state index in [4.69, 9.17) is 11.6 Å². The van der Waals surface area contributed by atoms with Crippen molar-refractivity contribution in [3.63, 3.8) is 0 Å². The zero-order chi connectivity index (χ0) is 13.9. The lowest BCUT2D eigenvalue weighted by molar-refractivity contribution is -0.137. The minimum atomic E-state index is -4.53. The molecule has 1 rings (SSSR count). The first-order valence-corrected chi connectivity index (χ1v) is 5.02. The molecule has 1 aromatic carbocycles. The first-order chi connectivity index (χ1) is 8.20.